The predicted octanol–water partition coefficient (Wildman–Crippen LogP) is 0.199. The summed E-state index contributed by atoms with van der Waals surface area (Å²) in [6.45, 7) is 1.90. The van der Waals surface area contributed by atoms with E-state index in [0.29, 0.717) is 12.4 Å². The number of carbonyl (C=O) groups is 1. The molecule has 0 heterocycles. The van der Waals surface area contributed by atoms with E-state index in [9.17, 15) is 13.2 Å². The Hall–Kier alpha value is -1.64. The second-order valence-electron chi connectivity index (χ2n) is 4.03. The number of aliphatic carboxylic acids is 1. The Morgan fingerprint density at radius 2 is 1.95 bits per heavy atom. The fourth-order valence-corrected chi connectivity index (χ4v) is 2.33. The Balaban J connectivity index is 2.70. The molecular weight excluding hydrogens is 286 g/mol. The maximum absolute atomic E-state index is 11.8. The van der Waals surface area contributed by atoms with Crippen molar-refractivity contribution in [1.82, 2.24) is 4.72 Å². The number of aliphatic hydroxyl groups is 1. The molecule has 0 aliphatic carbocycles. The smallest absolute Gasteiger partial charge is 0.333 e. The Bertz CT molecular complexity index is 540. The molecule has 1 atom stereocenters. The molecular formula is C12H17NO6S. The van der Waals surface area contributed by atoms with E-state index in [4.69, 9.17) is 14.9 Å². The van der Waals surface area contributed by atoms with Gasteiger partial charge in [-0.3, -0.25) is 0 Å². The van der Waals surface area contributed by atoms with Crippen LogP contribution in [0.25, 0.3) is 0 Å². The molecule has 3 N–H and O–H groups in total. The molecule has 0 radical (unpaired) electrons. The summed E-state index contributed by atoms with van der Waals surface area (Å²) in [7, 11) is -3.86. The zero-order chi connectivity index (χ0) is 15.2. The summed E-state index contributed by atoms with van der Waals surface area (Å²) in [6.07, 6.45) is -0.939. The second-order valence-corrected chi connectivity index (χ2v) is 5.79. The number of nitrogens with one attached hydrogen (secondary N) is 1. The molecule has 0 amide bonds. The second kappa shape index (κ2) is 7.22. The average molecular weight is 303 g/mol. The number of ether oxygens (including phenoxy) is 1. The minimum absolute atomic E-state index is 0.0288. The summed E-state index contributed by atoms with van der Waals surface area (Å²) in [4.78, 5) is 10.4. The molecule has 7 nitrogen and oxygen atoms in total. The molecule has 0 saturated carbocycles. The van der Waals surface area contributed by atoms with Crippen molar-refractivity contribution >= 4 is 16.0 Å². The van der Waals surface area contributed by atoms with Crippen LogP contribution in [-0.2, 0) is 14.8 Å². The third-order valence-corrected chi connectivity index (χ3v) is 3.80. The van der Waals surface area contributed by atoms with E-state index in [0.717, 1.165) is 6.42 Å². The van der Waals surface area contributed by atoms with Crippen LogP contribution < -0.4 is 9.46 Å². The largest absolute Gasteiger partial charge is 0.494 e. The van der Waals surface area contributed by atoms with Crippen molar-refractivity contribution in [3.8, 4) is 5.75 Å². The number of rotatable bonds is 8. The zero-order valence-corrected chi connectivity index (χ0v) is 11.8. The monoisotopic (exact) mass is 303 g/mol. The van der Waals surface area contributed by atoms with E-state index < -0.39 is 28.6 Å². The van der Waals surface area contributed by atoms with E-state index in [1.165, 1.54) is 24.3 Å². The SMILES string of the molecule is CCCOc1ccc(S(=O)(=O)NCC(O)C(=O)O)cc1. The van der Waals surface area contributed by atoms with E-state index in [2.05, 4.69) is 0 Å². The highest BCUT2D eigenvalue weighted by Gasteiger charge is 2.19. The van der Waals surface area contributed by atoms with Crippen LogP contribution in [0.15, 0.2) is 29.2 Å². The molecule has 20 heavy (non-hydrogen) atoms. The molecule has 0 aliphatic heterocycles. The van der Waals surface area contributed by atoms with Crippen LogP contribution >= 0.6 is 0 Å². The summed E-state index contributed by atoms with van der Waals surface area (Å²) in [6, 6.07) is 5.72. The van der Waals surface area contributed by atoms with Gasteiger partial charge in [-0.2, -0.15) is 0 Å². The zero-order valence-electron chi connectivity index (χ0n) is 10.9. The number of hydrogen-bond donors (Lipinski definition) is 3. The summed E-state index contributed by atoms with van der Waals surface area (Å²) in [5, 5.41) is 17.5. The van der Waals surface area contributed by atoms with Crippen LogP contribution in [0.1, 0.15) is 13.3 Å². The molecule has 1 rings (SSSR count). The van der Waals surface area contributed by atoms with Crippen LogP contribution in [0.4, 0.5) is 0 Å². The molecule has 1 unspecified atom stereocenters. The van der Waals surface area contributed by atoms with Crippen molar-refractivity contribution in [2.75, 3.05) is 13.2 Å². The van der Waals surface area contributed by atoms with E-state index in [1.807, 2.05) is 11.6 Å². The molecule has 0 aromatic heterocycles. The lowest BCUT2D eigenvalue weighted by Crippen LogP contribution is -2.36. The lowest BCUT2D eigenvalue weighted by Gasteiger charge is -2.09. The van der Waals surface area contributed by atoms with Crippen LogP contribution in [-0.4, -0.2) is 43.9 Å². The normalized spacial score (nSPS) is 12.9. The lowest BCUT2D eigenvalue weighted by molar-refractivity contribution is -0.146. The average Bonchev–Trinajstić information content (AvgIpc) is 2.43. The van der Waals surface area contributed by atoms with E-state index in [-0.39, 0.29) is 4.90 Å². The van der Waals surface area contributed by atoms with Crippen molar-refractivity contribution in [2.24, 2.45) is 0 Å². The summed E-state index contributed by atoms with van der Waals surface area (Å²) in [5.41, 5.74) is 0. The van der Waals surface area contributed by atoms with Gasteiger partial charge in [0.25, 0.3) is 0 Å². The molecule has 0 fully saturated rings. The maximum Gasteiger partial charge on any atom is 0.333 e. The molecule has 0 bridgehead atoms. The van der Waals surface area contributed by atoms with Gasteiger partial charge in [-0.1, -0.05) is 6.92 Å². The Labute approximate surface area is 117 Å². The minimum Gasteiger partial charge on any atom is -0.494 e. The highest BCUT2D eigenvalue weighted by atomic mass is 32.2. The Kier molecular flexibility index (Phi) is 5.93. The molecule has 8 heteroatoms. The van der Waals surface area contributed by atoms with Gasteiger partial charge in [-0.25, -0.2) is 17.9 Å². The highest BCUT2D eigenvalue weighted by molar-refractivity contribution is 7.89. The molecule has 0 aliphatic rings. The van der Waals surface area contributed by atoms with Gasteiger partial charge in [0.15, 0.2) is 6.10 Å². The molecule has 112 valence electrons. The first kappa shape index (κ1) is 16.4. The molecule has 0 spiro atoms. The first-order valence-electron chi connectivity index (χ1n) is 6.00. The molecule has 1 aromatic carbocycles. The maximum atomic E-state index is 11.8. The number of aliphatic hydroxyl groups excluding tert-OH is 1. The standard InChI is InChI=1S/C12H17NO6S/c1-2-7-19-9-3-5-10(6-4-9)20(17,18)13-8-11(14)12(15)16/h3-6,11,13-14H,2,7-8H2,1H3,(H,15,16). The number of benzene rings is 1. The van der Waals surface area contributed by atoms with Crippen LogP contribution in [0.5, 0.6) is 5.75 Å². The van der Waals surface area contributed by atoms with Gasteiger partial charge in [-0.05, 0) is 30.7 Å². The third kappa shape index (κ3) is 4.80. The highest BCUT2D eigenvalue weighted by Crippen LogP contribution is 2.16. The Morgan fingerprint density at radius 1 is 1.35 bits per heavy atom. The van der Waals surface area contributed by atoms with Crippen molar-refractivity contribution in [1.29, 1.82) is 0 Å². The van der Waals surface area contributed by atoms with Gasteiger partial charge in [0.1, 0.15) is 5.75 Å². The quantitative estimate of drug-likeness (QED) is 0.632. The number of carboxylic acid groups (broad SMARTS) is 1. The predicted molar refractivity (Wildman–Crippen MR) is 71.1 cm³/mol. The first-order chi connectivity index (χ1) is 9.36. The summed E-state index contributed by atoms with van der Waals surface area (Å²) < 4.78 is 31.0. The van der Waals surface area contributed by atoms with Crippen molar-refractivity contribution in [3.05, 3.63) is 24.3 Å². The van der Waals surface area contributed by atoms with Gasteiger partial charge in [0.2, 0.25) is 10.0 Å². The van der Waals surface area contributed by atoms with Crippen LogP contribution in [0, 0.1) is 0 Å². The Morgan fingerprint density at radius 3 is 2.45 bits per heavy atom. The van der Waals surface area contributed by atoms with Gasteiger partial charge in [0, 0.05) is 6.54 Å². The van der Waals surface area contributed by atoms with E-state index >= 15 is 0 Å². The molecule has 1 aromatic rings. The topological polar surface area (TPSA) is 113 Å². The fourth-order valence-electron chi connectivity index (χ4n) is 1.29. The van der Waals surface area contributed by atoms with Crippen LogP contribution in [0.3, 0.4) is 0 Å². The van der Waals surface area contributed by atoms with Crippen molar-refractivity contribution < 1.29 is 28.2 Å². The lowest BCUT2D eigenvalue weighted by atomic mass is 10.3. The fraction of sp³-hybridized carbons (Fsp3) is 0.417. The van der Waals surface area contributed by atoms with Gasteiger partial charge in [0.05, 0.1) is 11.5 Å². The third-order valence-electron chi connectivity index (χ3n) is 2.36. The number of sulfonamides is 1. The number of carboxylic acids is 1. The minimum atomic E-state index is -3.86. The molecule has 0 saturated heterocycles. The van der Waals surface area contributed by atoms with Gasteiger partial charge >= 0.3 is 5.97 Å². The van der Waals surface area contributed by atoms with Crippen molar-refractivity contribution in [2.45, 2.75) is 24.3 Å². The van der Waals surface area contributed by atoms with E-state index in [1.54, 1.807) is 0 Å². The number of hydrogen-bond acceptors (Lipinski definition) is 5. The first-order valence-corrected chi connectivity index (χ1v) is 7.48. The summed E-state index contributed by atoms with van der Waals surface area (Å²) in [5.74, 6) is -0.938. The van der Waals surface area contributed by atoms with Gasteiger partial charge < -0.3 is 14.9 Å². The van der Waals surface area contributed by atoms with Crippen LogP contribution in [0.2, 0.25) is 0 Å². The van der Waals surface area contributed by atoms with Gasteiger partial charge in [-0.15, -0.1) is 0 Å². The van der Waals surface area contributed by atoms with Crippen molar-refractivity contribution in [3.63, 3.8) is 0 Å². The summed E-state index contributed by atoms with van der Waals surface area (Å²) >= 11 is 0.